The van der Waals surface area contributed by atoms with Gasteiger partial charge in [-0.05, 0) is 24.4 Å². The molecule has 1 fully saturated rings. The minimum absolute atomic E-state index is 0.105. The van der Waals surface area contributed by atoms with E-state index in [-0.39, 0.29) is 6.04 Å². The first-order valence-electron chi connectivity index (χ1n) is 8.15. The van der Waals surface area contributed by atoms with E-state index < -0.39 is 14.2 Å². The van der Waals surface area contributed by atoms with Crippen molar-refractivity contribution in [3.8, 4) is 0 Å². The third-order valence-electron chi connectivity index (χ3n) is 4.38. The zero-order valence-electron chi connectivity index (χ0n) is 13.9. The Morgan fingerprint density at radius 1 is 1.27 bits per heavy atom. The summed E-state index contributed by atoms with van der Waals surface area (Å²) in [7, 11) is -1.22. The van der Waals surface area contributed by atoms with Gasteiger partial charge in [0.2, 0.25) is 0 Å². The van der Waals surface area contributed by atoms with Crippen molar-refractivity contribution in [2.75, 3.05) is 13.1 Å². The number of carboxylic acid groups (broad SMARTS) is 1. The van der Waals surface area contributed by atoms with Gasteiger partial charge in [0.15, 0.2) is 0 Å². The van der Waals surface area contributed by atoms with Crippen molar-refractivity contribution >= 4 is 14.2 Å². The minimum atomic E-state index is -1.22. The van der Waals surface area contributed by atoms with Crippen LogP contribution in [0.25, 0.3) is 0 Å². The molecule has 0 aromatic heterocycles. The molecule has 5 heteroatoms. The van der Waals surface area contributed by atoms with Crippen LogP contribution in [0.4, 0.5) is 4.79 Å². The normalized spacial score (nSPS) is 22.3. The predicted molar refractivity (Wildman–Crippen MR) is 93.1 cm³/mol. The molecular weight excluding hydrogens is 292 g/mol. The highest BCUT2D eigenvalue weighted by atomic mass is 28.3. The summed E-state index contributed by atoms with van der Waals surface area (Å²) < 4.78 is 0. The topological polar surface area (TPSA) is 52.6 Å². The number of hydrogen-bond acceptors (Lipinski definition) is 2. The number of nitrogens with zero attached hydrogens (tertiary/aromatic N) is 1. The van der Waals surface area contributed by atoms with Gasteiger partial charge in [-0.25, -0.2) is 4.79 Å². The first-order valence-corrected chi connectivity index (χ1v) is 11.9. The van der Waals surface area contributed by atoms with Gasteiger partial charge in [0, 0.05) is 33.2 Å². The van der Waals surface area contributed by atoms with E-state index in [0.717, 1.165) is 25.4 Å². The van der Waals surface area contributed by atoms with Gasteiger partial charge in [-0.3, -0.25) is 0 Å². The summed E-state index contributed by atoms with van der Waals surface area (Å²) in [5, 5.41) is 13.0. The fourth-order valence-electron chi connectivity index (χ4n) is 2.97. The van der Waals surface area contributed by atoms with Gasteiger partial charge >= 0.3 is 6.09 Å². The average Bonchev–Trinajstić information content (AvgIpc) is 2.47. The highest BCUT2D eigenvalue weighted by Gasteiger charge is 2.29. The van der Waals surface area contributed by atoms with Crippen LogP contribution in [0.3, 0.4) is 0 Å². The fourth-order valence-corrected chi connectivity index (χ4v) is 3.88. The summed E-state index contributed by atoms with van der Waals surface area (Å²) in [6.45, 7) is 8.29. The van der Waals surface area contributed by atoms with Crippen LogP contribution in [0.2, 0.25) is 25.7 Å². The largest absolute Gasteiger partial charge is 0.465 e. The number of benzene rings is 1. The molecule has 1 aliphatic heterocycles. The third-order valence-corrected chi connectivity index (χ3v) is 6.10. The van der Waals surface area contributed by atoms with E-state index in [9.17, 15) is 9.90 Å². The van der Waals surface area contributed by atoms with Crippen molar-refractivity contribution in [2.24, 2.45) is 0 Å². The van der Waals surface area contributed by atoms with Crippen LogP contribution < -0.4 is 5.32 Å². The molecular formula is C17H28N2O2Si. The average molecular weight is 321 g/mol. The first-order chi connectivity index (χ1) is 10.4. The fraction of sp³-hybridized carbons (Fsp3) is 0.588. The Balaban J connectivity index is 1.92. The van der Waals surface area contributed by atoms with E-state index in [2.05, 4.69) is 49.2 Å². The number of rotatable bonds is 5. The van der Waals surface area contributed by atoms with Crippen LogP contribution in [-0.4, -0.2) is 43.3 Å². The molecule has 1 amide bonds. The van der Waals surface area contributed by atoms with E-state index in [1.807, 2.05) is 6.07 Å². The van der Waals surface area contributed by atoms with Gasteiger partial charge in [-0.1, -0.05) is 50.0 Å². The summed E-state index contributed by atoms with van der Waals surface area (Å²) >= 11 is 0. The zero-order chi connectivity index (χ0) is 16.2. The molecule has 0 unspecified atom stereocenters. The molecule has 1 saturated heterocycles. The predicted octanol–water partition coefficient (Wildman–Crippen LogP) is 3.80. The lowest BCUT2D eigenvalue weighted by Gasteiger charge is -2.37. The van der Waals surface area contributed by atoms with E-state index >= 15 is 0 Å². The molecule has 0 bridgehead atoms. The van der Waals surface area contributed by atoms with Crippen molar-refractivity contribution in [2.45, 2.75) is 50.6 Å². The van der Waals surface area contributed by atoms with Crippen molar-refractivity contribution in [3.63, 3.8) is 0 Å². The Morgan fingerprint density at radius 3 is 2.45 bits per heavy atom. The van der Waals surface area contributed by atoms with E-state index in [0.29, 0.717) is 12.6 Å². The maximum Gasteiger partial charge on any atom is 0.407 e. The SMILES string of the molecule is C[Si](C)(C)CCN(C(=O)O)[C@@H]1CC[C@@H](c2ccccc2)NC1. The number of carbonyl (C=O) groups is 1. The Hall–Kier alpha value is -1.33. The Morgan fingerprint density at radius 2 is 1.95 bits per heavy atom. The quantitative estimate of drug-likeness (QED) is 0.811. The maximum absolute atomic E-state index is 11.6. The van der Waals surface area contributed by atoms with Crippen LogP contribution in [0.1, 0.15) is 24.4 Å². The molecule has 2 atom stereocenters. The maximum atomic E-state index is 11.6. The van der Waals surface area contributed by atoms with Gasteiger partial charge in [-0.15, -0.1) is 0 Å². The van der Waals surface area contributed by atoms with Gasteiger partial charge in [0.25, 0.3) is 0 Å². The second-order valence-electron chi connectivity index (χ2n) is 7.39. The second kappa shape index (κ2) is 7.29. The third kappa shape index (κ3) is 4.85. The Kier molecular flexibility index (Phi) is 5.64. The smallest absolute Gasteiger partial charge is 0.407 e. The molecule has 1 heterocycles. The number of amides is 1. The molecule has 22 heavy (non-hydrogen) atoms. The molecule has 0 saturated carbocycles. The van der Waals surface area contributed by atoms with Crippen molar-refractivity contribution in [3.05, 3.63) is 35.9 Å². The van der Waals surface area contributed by atoms with Gasteiger partial charge in [0.05, 0.1) is 0 Å². The number of hydrogen-bond donors (Lipinski definition) is 2. The molecule has 1 aliphatic rings. The molecule has 1 aromatic carbocycles. The second-order valence-corrected chi connectivity index (χ2v) is 13.0. The van der Waals surface area contributed by atoms with Gasteiger partial charge in [-0.2, -0.15) is 0 Å². The van der Waals surface area contributed by atoms with Crippen molar-refractivity contribution < 1.29 is 9.90 Å². The van der Waals surface area contributed by atoms with E-state index in [1.54, 1.807) is 4.90 Å². The summed E-state index contributed by atoms with van der Waals surface area (Å²) in [5.41, 5.74) is 1.30. The molecule has 4 nitrogen and oxygen atoms in total. The van der Waals surface area contributed by atoms with Crippen molar-refractivity contribution in [1.82, 2.24) is 10.2 Å². The monoisotopic (exact) mass is 320 g/mol. The molecule has 0 spiro atoms. The van der Waals surface area contributed by atoms with E-state index in [4.69, 9.17) is 0 Å². The Bertz CT molecular complexity index is 479. The van der Waals surface area contributed by atoms with Crippen LogP contribution >= 0.6 is 0 Å². The highest BCUT2D eigenvalue weighted by molar-refractivity contribution is 6.76. The molecule has 2 rings (SSSR count). The lowest BCUT2D eigenvalue weighted by atomic mass is 9.94. The van der Waals surface area contributed by atoms with Crippen LogP contribution in [-0.2, 0) is 0 Å². The number of nitrogens with one attached hydrogen (secondary N) is 1. The summed E-state index contributed by atoms with van der Waals surface area (Å²) in [6, 6.07) is 11.9. The molecule has 0 aliphatic carbocycles. The molecule has 0 radical (unpaired) electrons. The summed E-state index contributed by atoms with van der Waals surface area (Å²) in [6.07, 6.45) is 1.15. The van der Waals surface area contributed by atoms with Crippen LogP contribution in [0.5, 0.6) is 0 Å². The Labute approximate surface area is 134 Å². The minimum Gasteiger partial charge on any atom is -0.465 e. The van der Waals surface area contributed by atoms with Crippen LogP contribution in [0.15, 0.2) is 30.3 Å². The summed E-state index contributed by atoms with van der Waals surface area (Å²) in [4.78, 5) is 13.2. The highest BCUT2D eigenvalue weighted by Crippen LogP contribution is 2.25. The number of piperidine rings is 1. The lowest BCUT2D eigenvalue weighted by Crippen LogP contribution is -2.50. The molecule has 1 aromatic rings. The summed E-state index contributed by atoms with van der Waals surface area (Å²) in [5.74, 6) is 0. The first kappa shape index (κ1) is 17.0. The zero-order valence-corrected chi connectivity index (χ0v) is 14.9. The van der Waals surface area contributed by atoms with E-state index in [1.165, 1.54) is 5.56 Å². The molecule has 122 valence electrons. The standard InChI is InChI=1S/C17H28N2O2Si/c1-22(2,3)12-11-19(17(20)21)15-9-10-16(18-13-15)14-7-5-4-6-8-14/h4-8,15-16,18H,9-13H2,1-3H3,(H,20,21)/t15-,16+/m1/s1. The molecule has 2 N–H and O–H groups in total. The van der Waals surface area contributed by atoms with Gasteiger partial charge < -0.3 is 15.3 Å². The lowest BCUT2D eigenvalue weighted by molar-refractivity contribution is 0.113. The van der Waals surface area contributed by atoms with Crippen LogP contribution in [0, 0.1) is 0 Å². The van der Waals surface area contributed by atoms with Gasteiger partial charge in [0.1, 0.15) is 0 Å². The van der Waals surface area contributed by atoms with Crippen molar-refractivity contribution in [1.29, 1.82) is 0 Å².